The van der Waals surface area contributed by atoms with Crippen molar-refractivity contribution in [3.63, 3.8) is 0 Å². The van der Waals surface area contributed by atoms with Crippen LogP contribution in [0.5, 0.6) is 0 Å². The van der Waals surface area contributed by atoms with E-state index < -0.39 is 5.60 Å². The molecule has 0 spiro atoms. The molecule has 0 atom stereocenters. The van der Waals surface area contributed by atoms with Gasteiger partial charge in [-0.25, -0.2) is 4.79 Å². The Labute approximate surface area is 85.7 Å². The minimum atomic E-state index is -0.440. The Bertz CT molecular complexity index is 207. The Balaban J connectivity index is 3.60. The molecule has 0 heterocycles. The molecule has 0 unspecified atom stereocenters. The first-order chi connectivity index (χ1) is 6.35. The molecule has 4 nitrogen and oxygen atoms in total. The molecule has 2 N–H and O–H groups in total. The van der Waals surface area contributed by atoms with Crippen molar-refractivity contribution in [1.82, 2.24) is 10.6 Å². The quantitative estimate of drug-likeness (QED) is 0.725. The molecule has 0 aromatic rings. The van der Waals surface area contributed by atoms with Gasteiger partial charge in [0.2, 0.25) is 0 Å². The maximum absolute atomic E-state index is 11.1. The Morgan fingerprint density at radius 3 is 2.43 bits per heavy atom. The van der Waals surface area contributed by atoms with Gasteiger partial charge < -0.3 is 15.4 Å². The molecule has 82 valence electrons. The van der Waals surface area contributed by atoms with Crippen LogP contribution in [-0.2, 0) is 4.74 Å². The predicted octanol–water partition coefficient (Wildman–Crippen LogP) is 1.63. The van der Waals surface area contributed by atoms with Crippen LogP contribution < -0.4 is 10.6 Å². The number of amides is 1. The third kappa shape index (κ3) is 7.46. The number of hydrogen-bond donors (Lipinski definition) is 2. The summed E-state index contributed by atoms with van der Waals surface area (Å²) in [6.45, 7) is 9.78. The van der Waals surface area contributed by atoms with Gasteiger partial charge in [-0.15, -0.1) is 0 Å². The first kappa shape index (κ1) is 12.8. The van der Waals surface area contributed by atoms with E-state index in [2.05, 4.69) is 17.2 Å². The van der Waals surface area contributed by atoms with E-state index in [0.29, 0.717) is 13.0 Å². The lowest BCUT2D eigenvalue weighted by atomic mass is 10.2. The second-order valence-corrected chi connectivity index (χ2v) is 4.03. The van der Waals surface area contributed by atoms with Gasteiger partial charge in [-0.05, 0) is 20.8 Å². The fourth-order valence-electron chi connectivity index (χ4n) is 0.755. The molecule has 0 saturated heterocycles. The molecule has 0 aliphatic rings. The minimum absolute atomic E-state index is 0.388. The average molecular weight is 200 g/mol. The SMILES string of the molecule is C=C(CCNC(=O)OC(C)(C)C)NC. The van der Waals surface area contributed by atoms with Crippen molar-refractivity contribution in [3.05, 3.63) is 12.3 Å². The predicted molar refractivity (Wildman–Crippen MR) is 57.1 cm³/mol. The van der Waals surface area contributed by atoms with Gasteiger partial charge >= 0.3 is 6.09 Å². The molecule has 0 aliphatic carbocycles. The molecular weight excluding hydrogens is 180 g/mol. The molecule has 0 aliphatic heterocycles. The van der Waals surface area contributed by atoms with E-state index in [0.717, 1.165) is 5.70 Å². The maximum atomic E-state index is 11.1. The summed E-state index contributed by atoms with van der Waals surface area (Å²) in [6.07, 6.45) is 0.317. The Morgan fingerprint density at radius 1 is 1.43 bits per heavy atom. The molecule has 0 aromatic carbocycles. The summed E-state index contributed by atoms with van der Waals surface area (Å²) in [5.41, 5.74) is 0.449. The van der Waals surface area contributed by atoms with Crippen LogP contribution in [0.2, 0.25) is 0 Å². The van der Waals surface area contributed by atoms with Crippen molar-refractivity contribution in [3.8, 4) is 0 Å². The number of alkyl carbamates (subject to hydrolysis) is 1. The number of rotatable bonds is 4. The molecule has 14 heavy (non-hydrogen) atoms. The monoisotopic (exact) mass is 200 g/mol. The highest BCUT2D eigenvalue weighted by molar-refractivity contribution is 5.67. The Kier molecular flexibility index (Phi) is 5.05. The first-order valence-corrected chi connectivity index (χ1v) is 4.67. The summed E-state index contributed by atoms with van der Waals surface area (Å²) in [7, 11) is 1.80. The Morgan fingerprint density at radius 2 is 2.00 bits per heavy atom. The van der Waals surface area contributed by atoms with Crippen LogP contribution in [0.25, 0.3) is 0 Å². The molecule has 0 rings (SSSR count). The van der Waals surface area contributed by atoms with Crippen molar-refractivity contribution in [2.45, 2.75) is 32.8 Å². The van der Waals surface area contributed by atoms with Crippen molar-refractivity contribution in [2.24, 2.45) is 0 Å². The fraction of sp³-hybridized carbons (Fsp3) is 0.700. The van der Waals surface area contributed by atoms with Crippen molar-refractivity contribution in [2.75, 3.05) is 13.6 Å². The van der Waals surface area contributed by atoms with Crippen LogP contribution in [0.3, 0.4) is 0 Å². The molecule has 0 bridgehead atoms. The van der Waals surface area contributed by atoms with Crippen molar-refractivity contribution >= 4 is 6.09 Å². The smallest absolute Gasteiger partial charge is 0.407 e. The third-order valence-electron chi connectivity index (χ3n) is 1.45. The molecule has 0 saturated carbocycles. The highest BCUT2D eigenvalue weighted by atomic mass is 16.6. The summed E-state index contributed by atoms with van der Waals surface area (Å²) in [5, 5.41) is 5.54. The Hall–Kier alpha value is -1.19. The van der Waals surface area contributed by atoms with Gasteiger partial charge in [-0.2, -0.15) is 0 Å². The third-order valence-corrected chi connectivity index (χ3v) is 1.45. The number of nitrogens with one attached hydrogen (secondary N) is 2. The molecule has 0 fully saturated rings. The number of hydrogen-bond acceptors (Lipinski definition) is 3. The van der Waals surface area contributed by atoms with E-state index in [1.165, 1.54) is 0 Å². The van der Waals surface area contributed by atoms with E-state index in [-0.39, 0.29) is 6.09 Å². The van der Waals surface area contributed by atoms with Crippen molar-refractivity contribution < 1.29 is 9.53 Å². The van der Waals surface area contributed by atoms with Crippen LogP contribution >= 0.6 is 0 Å². The van der Waals surface area contributed by atoms with Gasteiger partial charge in [-0.3, -0.25) is 0 Å². The van der Waals surface area contributed by atoms with Gasteiger partial charge in [-0.1, -0.05) is 6.58 Å². The summed E-state index contributed by atoms with van der Waals surface area (Å²) >= 11 is 0. The lowest BCUT2D eigenvalue weighted by Crippen LogP contribution is -2.33. The van der Waals surface area contributed by atoms with E-state index in [9.17, 15) is 4.79 Å². The van der Waals surface area contributed by atoms with Crippen LogP contribution in [0.1, 0.15) is 27.2 Å². The second-order valence-electron chi connectivity index (χ2n) is 4.03. The van der Waals surface area contributed by atoms with Gasteiger partial charge in [0.15, 0.2) is 0 Å². The fourth-order valence-corrected chi connectivity index (χ4v) is 0.755. The van der Waals surface area contributed by atoms with Crippen LogP contribution in [-0.4, -0.2) is 25.3 Å². The highest BCUT2D eigenvalue weighted by Crippen LogP contribution is 2.06. The number of carbonyl (C=O) groups is 1. The first-order valence-electron chi connectivity index (χ1n) is 4.67. The normalized spacial score (nSPS) is 10.6. The molecular formula is C10H20N2O2. The summed E-state index contributed by atoms with van der Waals surface area (Å²) in [5.74, 6) is 0. The van der Waals surface area contributed by atoms with Gasteiger partial charge in [0.25, 0.3) is 0 Å². The standard InChI is InChI=1S/C10H20N2O2/c1-8(11-5)6-7-12-9(13)14-10(2,3)4/h11H,1,6-7H2,2-5H3,(H,12,13). The van der Waals surface area contributed by atoms with E-state index in [1.54, 1.807) is 7.05 Å². The molecule has 0 aromatic heterocycles. The molecule has 0 radical (unpaired) electrons. The summed E-state index contributed by atoms with van der Waals surface area (Å²) in [6, 6.07) is 0. The second kappa shape index (κ2) is 5.52. The summed E-state index contributed by atoms with van der Waals surface area (Å²) in [4.78, 5) is 11.1. The zero-order chi connectivity index (χ0) is 11.2. The van der Waals surface area contributed by atoms with Crippen LogP contribution in [0.4, 0.5) is 4.79 Å². The van der Waals surface area contributed by atoms with Gasteiger partial charge in [0.05, 0.1) is 0 Å². The highest BCUT2D eigenvalue weighted by Gasteiger charge is 2.15. The largest absolute Gasteiger partial charge is 0.444 e. The zero-order valence-electron chi connectivity index (χ0n) is 9.44. The van der Waals surface area contributed by atoms with Gasteiger partial charge in [0, 0.05) is 25.7 Å². The van der Waals surface area contributed by atoms with Crippen LogP contribution in [0.15, 0.2) is 12.3 Å². The number of carbonyl (C=O) groups excluding carboxylic acids is 1. The maximum Gasteiger partial charge on any atom is 0.407 e. The van der Waals surface area contributed by atoms with Crippen molar-refractivity contribution in [1.29, 1.82) is 0 Å². The number of ether oxygens (including phenoxy) is 1. The van der Waals surface area contributed by atoms with Crippen LogP contribution in [0, 0.1) is 0 Å². The lowest BCUT2D eigenvalue weighted by molar-refractivity contribution is 0.0528. The molecule has 4 heteroatoms. The van der Waals surface area contributed by atoms with E-state index in [1.807, 2.05) is 20.8 Å². The molecule has 1 amide bonds. The topological polar surface area (TPSA) is 50.4 Å². The zero-order valence-corrected chi connectivity index (χ0v) is 9.44. The van der Waals surface area contributed by atoms with Gasteiger partial charge in [0.1, 0.15) is 5.60 Å². The van der Waals surface area contributed by atoms with E-state index in [4.69, 9.17) is 4.74 Å². The minimum Gasteiger partial charge on any atom is -0.444 e. The average Bonchev–Trinajstić information content (AvgIpc) is 2.00. The van der Waals surface area contributed by atoms with E-state index >= 15 is 0 Å². The summed E-state index contributed by atoms with van der Waals surface area (Å²) < 4.78 is 5.05. The lowest BCUT2D eigenvalue weighted by Gasteiger charge is -2.19.